The van der Waals surface area contributed by atoms with Crippen LogP contribution in [0.4, 0.5) is 0 Å². The Balaban J connectivity index is 2.12. The summed E-state index contributed by atoms with van der Waals surface area (Å²) in [7, 11) is 0. The lowest BCUT2D eigenvalue weighted by Crippen LogP contribution is -2.23. The molecule has 0 bridgehead atoms. The third kappa shape index (κ3) is 2.04. The van der Waals surface area contributed by atoms with E-state index < -0.39 is 0 Å². The van der Waals surface area contributed by atoms with Crippen molar-refractivity contribution in [1.29, 1.82) is 5.26 Å². The van der Waals surface area contributed by atoms with E-state index in [0.29, 0.717) is 24.2 Å². The minimum Gasteiger partial charge on any atom is -0.478 e. The number of hydrogen-bond donors (Lipinski definition) is 1. The molecule has 1 aliphatic rings. The van der Waals surface area contributed by atoms with Gasteiger partial charge in [0.1, 0.15) is 6.07 Å². The van der Waals surface area contributed by atoms with Gasteiger partial charge in [-0.15, -0.1) is 0 Å². The molecule has 0 atom stereocenters. The van der Waals surface area contributed by atoms with E-state index in [9.17, 15) is 4.79 Å². The van der Waals surface area contributed by atoms with Gasteiger partial charge in [-0.05, 0) is 12.1 Å². The summed E-state index contributed by atoms with van der Waals surface area (Å²) in [6.07, 6.45) is 0.556. The first-order valence-electron chi connectivity index (χ1n) is 4.93. The van der Waals surface area contributed by atoms with Gasteiger partial charge >= 0.3 is 0 Å². The van der Waals surface area contributed by atoms with Gasteiger partial charge < -0.3 is 4.74 Å². The highest BCUT2D eigenvalue weighted by molar-refractivity contribution is 5.95. The third-order valence-corrected chi connectivity index (χ3v) is 2.27. The van der Waals surface area contributed by atoms with E-state index >= 15 is 0 Å². The lowest BCUT2D eigenvalue weighted by Gasteiger charge is -2.06. The number of carbonyl (C=O) groups is 1. The fourth-order valence-electron chi connectivity index (χ4n) is 1.44. The van der Waals surface area contributed by atoms with E-state index in [-0.39, 0.29) is 11.8 Å². The van der Waals surface area contributed by atoms with Crippen LogP contribution in [0, 0.1) is 11.3 Å². The normalized spacial score (nSPS) is 14.2. The number of carbonyl (C=O) groups excluding carboxylic acids is 1. The van der Waals surface area contributed by atoms with Crippen LogP contribution in [0.25, 0.3) is 0 Å². The summed E-state index contributed by atoms with van der Waals surface area (Å²) in [6.45, 7) is 0.452. The van der Waals surface area contributed by atoms with Crippen LogP contribution >= 0.6 is 0 Å². The van der Waals surface area contributed by atoms with Crippen molar-refractivity contribution < 1.29 is 9.53 Å². The highest BCUT2D eigenvalue weighted by Gasteiger charge is 2.18. The molecule has 80 valence electrons. The monoisotopic (exact) mass is 214 g/mol. The largest absolute Gasteiger partial charge is 0.478 e. The molecule has 4 nitrogen and oxygen atoms in total. The number of nitrogens with zero attached hydrogens (tertiary/aromatic N) is 1. The Bertz CT molecular complexity index is 472. The van der Waals surface area contributed by atoms with Crippen LogP contribution in [0.1, 0.15) is 16.8 Å². The maximum absolute atomic E-state index is 11.7. The van der Waals surface area contributed by atoms with Gasteiger partial charge in [-0.1, -0.05) is 18.2 Å². The zero-order chi connectivity index (χ0) is 11.4. The van der Waals surface area contributed by atoms with Crippen LogP contribution in [0.3, 0.4) is 0 Å². The molecule has 0 spiro atoms. The Morgan fingerprint density at radius 3 is 2.81 bits per heavy atom. The summed E-state index contributed by atoms with van der Waals surface area (Å²) in [6, 6.07) is 10.8. The number of benzene rings is 1. The average molecular weight is 214 g/mol. The maximum atomic E-state index is 11.7. The van der Waals surface area contributed by atoms with Crippen LogP contribution in [-0.4, -0.2) is 12.5 Å². The van der Waals surface area contributed by atoms with Gasteiger partial charge in [-0.25, -0.2) is 0 Å². The zero-order valence-corrected chi connectivity index (χ0v) is 8.56. The van der Waals surface area contributed by atoms with E-state index in [0.717, 1.165) is 0 Å². The number of nitriles is 1. The Kier molecular flexibility index (Phi) is 2.88. The Morgan fingerprint density at radius 2 is 2.12 bits per heavy atom. The number of amides is 1. The van der Waals surface area contributed by atoms with Gasteiger partial charge in [-0.3, -0.25) is 10.1 Å². The van der Waals surface area contributed by atoms with Crippen molar-refractivity contribution in [2.45, 2.75) is 6.42 Å². The molecular formula is C12H10N2O2. The number of rotatable bonds is 2. The molecule has 4 heteroatoms. The quantitative estimate of drug-likeness (QED) is 0.812. The summed E-state index contributed by atoms with van der Waals surface area (Å²) in [5.74, 6) is 0.0293. The molecule has 1 aromatic rings. The summed E-state index contributed by atoms with van der Waals surface area (Å²) in [5, 5.41) is 11.4. The first kappa shape index (κ1) is 10.2. The van der Waals surface area contributed by atoms with E-state index in [1.165, 1.54) is 0 Å². The fraction of sp³-hybridized carbons (Fsp3) is 0.167. The SMILES string of the molecule is N#CC1=C(NC(=O)c2ccccc2)OCC1. The Hall–Kier alpha value is -2.28. The number of nitrogens with one attached hydrogen (secondary N) is 1. The van der Waals surface area contributed by atoms with Gasteiger partial charge in [0.05, 0.1) is 12.2 Å². The van der Waals surface area contributed by atoms with E-state index in [1.54, 1.807) is 24.3 Å². The van der Waals surface area contributed by atoms with Gasteiger partial charge in [0.2, 0.25) is 5.88 Å². The molecule has 1 aromatic carbocycles. The molecule has 2 rings (SSSR count). The number of ether oxygens (including phenoxy) is 1. The second kappa shape index (κ2) is 4.49. The molecular weight excluding hydrogens is 204 g/mol. The predicted molar refractivity (Wildman–Crippen MR) is 57.1 cm³/mol. The molecule has 0 aliphatic carbocycles. The van der Waals surface area contributed by atoms with Crippen LogP contribution in [0.2, 0.25) is 0 Å². The van der Waals surface area contributed by atoms with E-state index in [2.05, 4.69) is 5.32 Å². The molecule has 1 N–H and O–H groups in total. The topological polar surface area (TPSA) is 62.1 Å². The first-order chi connectivity index (χ1) is 7.81. The molecule has 1 heterocycles. The van der Waals surface area contributed by atoms with Gasteiger partial charge in [0, 0.05) is 12.0 Å². The first-order valence-corrected chi connectivity index (χ1v) is 4.93. The van der Waals surface area contributed by atoms with E-state index in [1.807, 2.05) is 12.1 Å². The van der Waals surface area contributed by atoms with Crippen molar-refractivity contribution in [3.05, 3.63) is 47.4 Å². The molecule has 0 fully saturated rings. The highest BCUT2D eigenvalue weighted by atomic mass is 16.5. The van der Waals surface area contributed by atoms with Crippen molar-refractivity contribution in [1.82, 2.24) is 5.32 Å². The smallest absolute Gasteiger partial charge is 0.257 e. The molecule has 0 saturated heterocycles. The summed E-state index contributed by atoms with van der Waals surface area (Å²) < 4.78 is 5.17. The van der Waals surface area contributed by atoms with Gasteiger partial charge in [0.25, 0.3) is 5.91 Å². The summed E-state index contributed by atoms with van der Waals surface area (Å²) in [4.78, 5) is 11.7. The summed E-state index contributed by atoms with van der Waals surface area (Å²) >= 11 is 0. The van der Waals surface area contributed by atoms with Crippen LogP contribution in [-0.2, 0) is 4.74 Å². The molecule has 0 unspecified atom stereocenters. The second-order valence-corrected chi connectivity index (χ2v) is 3.34. The van der Waals surface area contributed by atoms with Crippen molar-refractivity contribution in [3.63, 3.8) is 0 Å². The van der Waals surface area contributed by atoms with E-state index in [4.69, 9.17) is 10.00 Å². The standard InChI is InChI=1S/C12H10N2O2/c13-8-10-6-7-16-12(10)14-11(15)9-4-2-1-3-5-9/h1-5H,6-7H2,(H,14,15). The zero-order valence-electron chi connectivity index (χ0n) is 8.56. The van der Waals surface area contributed by atoms with Gasteiger partial charge in [-0.2, -0.15) is 5.26 Å². The molecule has 1 amide bonds. The predicted octanol–water partition coefficient (Wildman–Crippen LogP) is 1.57. The van der Waals surface area contributed by atoms with Gasteiger partial charge in [0.15, 0.2) is 0 Å². The molecule has 1 aliphatic heterocycles. The van der Waals surface area contributed by atoms with Crippen LogP contribution in [0.15, 0.2) is 41.8 Å². The Morgan fingerprint density at radius 1 is 1.38 bits per heavy atom. The second-order valence-electron chi connectivity index (χ2n) is 3.34. The number of hydrogen-bond acceptors (Lipinski definition) is 3. The Labute approximate surface area is 93.1 Å². The van der Waals surface area contributed by atoms with Crippen molar-refractivity contribution in [2.24, 2.45) is 0 Å². The third-order valence-electron chi connectivity index (χ3n) is 2.27. The minimum atomic E-state index is -0.259. The van der Waals surface area contributed by atoms with Crippen LogP contribution in [0.5, 0.6) is 0 Å². The molecule has 0 radical (unpaired) electrons. The summed E-state index contributed by atoms with van der Waals surface area (Å²) in [5.41, 5.74) is 1.03. The lowest BCUT2D eigenvalue weighted by atomic mass is 10.2. The van der Waals surface area contributed by atoms with Crippen molar-refractivity contribution in [3.8, 4) is 6.07 Å². The maximum Gasteiger partial charge on any atom is 0.257 e. The molecule has 0 aromatic heterocycles. The average Bonchev–Trinajstić information content (AvgIpc) is 2.77. The van der Waals surface area contributed by atoms with Crippen molar-refractivity contribution >= 4 is 5.91 Å². The highest BCUT2D eigenvalue weighted by Crippen LogP contribution is 2.16. The van der Waals surface area contributed by atoms with Crippen molar-refractivity contribution in [2.75, 3.05) is 6.61 Å². The van der Waals surface area contributed by atoms with Crippen LogP contribution < -0.4 is 5.32 Å². The fourth-order valence-corrected chi connectivity index (χ4v) is 1.44. The minimum absolute atomic E-state index is 0.259. The molecule has 16 heavy (non-hydrogen) atoms. The molecule has 0 saturated carbocycles. The lowest BCUT2D eigenvalue weighted by molar-refractivity contribution is 0.0930.